The molecule has 2 aromatic carbocycles. The van der Waals surface area contributed by atoms with Gasteiger partial charge in [0.1, 0.15) is 11.8 Å². The summed E-state index contributed by atoms with van der Waals surface area (Å²) < 4.78 is 7.56. The van der Waals surface area contributed by atoms with E-state index in [0.717, 1.165) is 46.1 Å². The molecule has 0 fully saturated rings. The minimum Gasteiger partial charge on any atom is -0.425 e. The van der Waals surface area contributed by atoms with E-state index < -0.39 is 17.4 Å². The molecular formula is C29H39N3O3. The number of nitrogens with two attached hydrogens (primary N) is 1. The number of fused-ring (bicyclic) bond motifs is 1. The van der Waals surface area contributed by atoms with E-state index in [9.17, 15) is 9.59 Å². The molecule has 0 aliphatic rings. The number of nitrogens with zero attached hydrogens (tertiary/aromatic N) is 2. The van der Waals surface area contributed by atoms with Crippen LogP contribution in [0.5, 0.6) is 5.75 Å². The van der Waals surface area contributed by atoms with Gasteiger partial charge >= 0.3 is 5.97 Å². The fourth-order valence-corrected chi connectivity index (χ4v) is 4.78. The van der Waals surface area contributed by atoms with Gasteiger partial charge in [0.05, 0.1) is 5.52 Å². The highest BCUT2D eigenvalue weighted by Gasteiger charge is 2.32. The summed E-state index contributed by atoms with van der Waals surface area (Å²) in [5.41, 5.74) is 10.3. The molecule has 0 aliphatic carbocycles. The fraction of sp³-hybridized carbons (Fsp3) is 0.448. The average Bonchev–Trinajstić information content (AvgIpc) is 3.15. The Labute approximate surface area is 209 Å². The lowest BCUT2D eigenvalue weighted by atomic mass is 9.78. The van der Waals surface area contributed by atoms with Crippen LogP contribution >= 0.6 is 0 Å². The van der Waals surface area contributed by atoms with Crippen LogP contribution in [0.1, 0.15) is 60.7 Å². The highest BCUT2D eigenvalue weighted by molar-refractivity contribution is 5.95. The van der Waals surface area contributed by atoms with Crippen LogP contribution in [0.3, 0.4) is 0 Å². The van der Waals surface area contributed by atoms with Crippen molar-refractivity contribution in [2.24, 2.45) is 5.73 Å². The molecule has 6 heteroatoms. The van der Waals surface area contributed by atoms with E-state index in [1.807, 2.05) is 65.1 Å². The number of rotatable bonds is 9. The normalized spacial score (nSPS) is 12.8. The maximum atomic E-state index is 13.7. The second kappa shape index (κ2) is 10.8. The van der Waals surface area contributed by atoms with Gasteiger partial charge in [-0.15, -0.1) is 0 Å². The number of aryl methyl sites for hydroxylation is 2. The number of hydrogen-bond acceptors (Lipinski definition) is 5. The molecule has 1 atom stereocenters. The van der Waals surface area contributed by atoms with Gasteiger partial charge in [-0.25, -0.2) is 4.79 Å². The molecule has 0 bridgehead atoms. The van der Waals surface area contributed by atoms with Crippen LogP contribution in [0.15, 0.2) is 42.6 Å². The highest BCUT2D eigenvalue weighted by Crippen LogP contribution is 2.39. The van der Waals surface area contributed by atoms with Crippen molar-refractivity contribution in [2.45, 2.75) is 65.3 Å². The molecule has 35 heavy (non-hydrogen) atoms. The van der Waals surface area contributed by atoms with Crippen LogP contribution in [0.25, 0.3) is 10.9 Å². The number of carbonyl (C=O) groups excluding carboxylic acids is 2. The molecule has 3 aromatic rings. The zero-order chi connectivity index (χ0) is 25.9. The molecular weight excluding hydrogens is 438 g/mol. The smallest absolute Gasteiger partial charge is 0.328 e. The Morgan fingerprint density at radius 3 is 2.49 bits per heavy atom. The molecule has 0 amide bonds. The largest absolute Gasteiger partial charge is 0.425 e. The molecule has 0 saturated carbocycles. The number of likely N-dealkylation sites (N-methyl/N-ethyl adjacent to an activating group) is 1. The maximum Gasteiger partial charge on any atom is 0.328 e. The lowest BCUT2D eigenvalue weighted by Gasteiger charge is -2.29. The third kappa shape index (κ3) is 6.00. The minimum absolute atomic E-state index is 0.00446. The van der Waals surface area contributed by atoms with Crippen molar-refractivity contribution in [1.29, 1.82) is 0 Å². The summed E-state index contributed by atoms with van der Waals surface area (Å²) in [6, 6.07) is 11.3. The third-order valence-corrected chi connectivity index (χ3v) is 6.56. The molecule has 6 nitrogen and oxygen atoms in total. The first kappa shape index (κ1) is 26.6. The van der Waals surface area contributed by atoms with Crippen molar-refractivity contribution >= 4 is 22.8 Å². The number of para-hydroxylation sites is 1. The summed E-state index contributed by atoms with van der Waals surface area (Å²) in [5, 5.41) is 1.11. The summed E-state index contributed by atoms with van der Waals surface area (Å²) in [5.74, 6) is 0.0332. The number of benzene rings is 2. The van der Waals surface area contributed by atoms with Gasteiger partial charge in [-0.05, 0) is 69.6 Å². The zero-order valence-electron chi connectivity index (χ0n) is 22.1. The van der Waals surface area contributed by atoms with Crippen molar-refractivity contribution in [3.05, 3.63) is 64.8 Å². The fourth-order valence-electron chi connectivity index (χ4n) is 4.78. The van der Waals surface area contributed by atoms with E-state index in [1.54, 1.807) is 4.57 Å². The molecule has 0 aliphatic heterocycles. The van der Waals surface area contributed by atoms with Gasteiger partial charge in [0.15, 0.2) is 0 Å². The van der Waals surface area contributed by atoms with Crippen LogP contribution in [0.2, 0.25) is 0 Å². The van der Waals surface area contributed by atoms with Crippen LogP contribution < -0.4 is 10.5 Å². The number of hydrogen-bond donors (Lipinski definition) is 1. The summed E-state index contributed by atoms with van der Waals surface area (Å²) >= 11 is 0. The van der Waals surface area contributed by atoms with Gasteiger partial charge in [0.2, 0.25) is 5.91 Å². The Balaban J connectivity index is 1.97. The number of esters is 1. The molecule has 1 unspecified atom stereocenters. The predicted molar refractivity (Wildman–Crippen MR) is 142 cm³/mol. The molecule has 188 valence electrons. The van der Waals surface area contributed by atoms with Gasteiger partial charge in [0, 0.05) is 35.5 Å². The van der Waals surface area contributed by atoms with Crippen molar-refractivity contribution < 1.29 is 14.3 Å². The number of carbonyl (C=O) groups is 2. The van der Waals surface area contributed by atoms with Gasteiger partial charge < -0.3 is 15.4 Å². The molecule has 0 spiro atoms. The van der Waals surface area contributed by atoms with E-state index in [4.69, 9.17) is 10.5 Å². The number of aromatic nitrogens is 1. The second-order valence-corrected chi connectivity index (χ2v) is 10.4. The van der Waals surface area contributed by atoms with Gasteiger partial charge in [-0.3, -0.25) is 9.36 Å². The first-order valence-electron chi connectivity index (χ1n) is 12.3. The zero-order valence-corrected chi connectivity index (χ0v) is 22.1. The van der Waals surface area contributed by atoms with Crippen molar-refractivity contribution in [1.82, 2.24) is 9.47 Å². The molecule has 1 heterocycles. The first-order chi connectivity index (χ1) is 16.4. The van der Waals surface area contributed by atoms with Crippen molar-refractivity contribution in [3.8, 4) is 5.75 Å². The third-order valence-electron chi connectivity index (χ3n) is 6.56. The summed E-state index contributed by atoms with van der Waals surface area (Å²) in [6.07, 6.45) is 3.60. The Morgan fingerprint density at radius 2 is 1.83 bits per heavy atom. The van der Waals surface area contributed by atoms with Gasteiger partial charge in [0.25, 0.3) is 0 Å². The van der Waals surface area contributed by atoms with E-state index in [1.165, 1.54) is 0 Å². The van der Waals surface area contributed by atoms with Gasteiger partial charge in [-0.1, -0.05) is 45.0 Å². The van der Waals surface area contributed by atoms with Crippen LogP contribution in [0.4, 0.5) is 0 Å². The predicted octanol–water partition coefficient (Wildman–Crippen LogP) is 5.01. The van der Waals surface area contributed by atoms with Crippen LogP contribution in [0, 0.1) is 13.8 Å². The second-order valence-electron chi connectivity index (χ2n) is 10.4. The molecule has 3 rings (SSSR count). The standard InChI is InChI=1S/C29H39N3O3/c1-8-23(30)28(34)35-25-16-19(2)15-20(3)27(25)29(4,5)17-26(33)32-18-21(13-14-31(6)7)22-11-9-10-12-24(22)32/h9-12,15-16,18,23H,8,13-14,17,30H2,1-7H3. The Kier molecular flexibility index (Phi) is 8.18. The average molecular weight is 478 g/mol. The summed E-state index contributed by atoms with van der Waals surface area (Å²) in [7, 11) is 4.10. The summed E-state index contributed by atoms with van der Waals surface area (Å²) in [6.45, 7) is 10.8. The highest BCUT2D eigenvalue weighted by atomic mass is 16.5. The van der Waals surface area contributed by atoms with Crippen molar-refractivity contribution in [2.75, 3.05) is 20.6 Å². The van der Waals surface area contributed by atoms with Crippen LogP contribution in [-0.4, -0.2) is 48.0 Å². The minimum atomic E-state index is -0.680. The lowest BCUT2D eigenvalue weighted by Crippen LogP contribution is -2.34. The molecule has 1 aromatic heterocycles. The quantitative estimate of drug-likeness (QED) is 0.346. The Morgan fingerprint density at radius 1 is 1.14 bits per heavy atom. The van der Waals surface area contributed by atoms with E-state index in [0.29, 0.717) is 12.2 Å². The van der Waals surface area contributed by atoms with Crippen LogP contribution in [-0.2, 0) is 16.6 Å². The van der Waals surface area contributed by atoms with E-state index in [-0.39, 0.29) is 12.3 Å². The summed E-state index contributed by atoms with van der Waals surface area (Å²) in [4.78, 5) is 28.4. The van der Waals surface area contributed by atoms with E-state index in [2.05, 4.69) is 31.1 Å². The van der Waals surface area contributed by atoms with Crippen molar-refractivity contribution in [3.63, 3.8) is 0 Å². The Bertz CT molecular complexity index is 1220. The Hall–Kier alpha value is -2.96. The first-order valence-corrected chi connectivity index (χ1v) is 12.3. The maximum absolute atomic E-state index is 13.7. The molecule has 0 radical (unpaired) electrons. The van der Waals surface area contributed by atoms with E-state index >= 15 is 0 Å². The topological polar surface area (TPSA) is 77.6 Å². The molecule has 2 N–H and O–H groups in total. The lowest BCUT2D eigenvalue weighted by molar-refractivity contribution is -0.136. The monoisotopic (exact) mass is 477 g/mol. The molecule has 0 saturated heterocycles. The van der Waals surface area contributed by atoms with Gasteiger partial charge in [-0.2, -0.15) is 0 Å². The number of ether oxygens (including phenoxy) is 1. The SMILES string of the molecule is CCC(N)C(=O)Oc1cc(C)cc(C)c1C(C)(C)CC(=O)n1cc(CCN(C)C)c2ccccc21.